The minimum absolute atomic E-state index is 0.205. The first-order chi connectivity index (χ1) is 7.69. The molecule has 0 aliphatic heterocycles. The summed E-state index contributed by atoms with van der Waals surface area (Å²) in [5.74, 6) is 3.76. The lowest BCUT2D eigenvalue weighted by Crippen LogP contribution is -2.19. The molecular weight excluding hydrogens is 202 g/mol. The average Bonchev–Trinajstić information content (AvgIpc) is 2.27. The van der Waals surface area contributed by atoms with E-state index >= 15 is 0 Å². The molecule has 16 heavy (non-hydrogen) atoms. The van der Waals surface area contributed by atoms with Crippen LogP contribution < -0.4 is 10.1 Å². The molecule has 0 aromatic carbocycles. The van der Waals surface area contributed by atoms with Gasteiger partial charge in [0, 0.05) is 24.2 Å². The van der Waals surface area contributed by atoms with Crippen molar-refractivity contribution in [2.75, 3.05) is 12.4 Å². The topological polar surface area (TPSA) is 47.0 Å². The van der Waals surface area contributed by atoms with Crippen LogP contribution in [0.1, 0.15) is 25.5 Å². The molecule has 0 saturated heterocycles. The highest BCUT2D eigenvalue weighted by molar-refractivity contribution is 5.32. The van der Waals surface area contributed by atoms with Crippen LogP contribution in [0.25, 0.3) is 0 Å². The Kier molecular flexibility index (Phi) is 4.59. The van der Waals surface area contributed by atoms with Crippen LogP contribution in [0, 0.1) is 19.3 Å². The summed E-state index contributed by atoms with van der Waals surface area (Å²) in [6.45, 7) is 3.97. The Labute approximate surface area is 96.5 Å². The summed E-state index contributed by atoms with van der Waals surface area (Å²) in [6, 6.07) is 1.99. The second kappa shape index (κ2) is 5.96. The predicted octanol–water partition coefficient (Wildman–Crippen LogP) is 2.01. The van der Waals surface area contributed by atoms with E-state index in [0.29, 0.717) is 18.2 Å². The summed E-state index contributed by atoms with van der Waals surface area (Å²) < 4.78 is 5.08. The number of aromatic nitrogens is 2. The van der Waals surface area contributed by atoms with Gasteiger partial charge in [-0.25, -0.2) is 4.98 Å². The van der Waals surface area contributed by atoms with Crippen molar-refractivity contribution in [1.82, 2.24) is 9.97 Å². The Morgan fingerprint density at radius 1 is 1.56 bits per heavy atom. The van der Waals surface area contributed by atoms with Gasteiger partial charge in [-0.2, -0.15) is 4.98 Å². The summed E-state index contributed by atoms with van der Waals surface area (Å²) >= 11 is 0. The molecule has 0 amide bonds. The Morgan fingerprint density at radius 2 is 2.31 bits per heavy atom. The maximum atomic E-state index is 5.29. The Hall–Kier alpha value is -1.76. The molecule has 86 valence electrons. The lowest BCUT2D eigenvalue weighted by atomic mass is 10.2. The van der Waals surface area contributed by atoms with Crippen LogP contribution in [0.4, 0.5) is 5.95 Å². The normalized spacial score (nSPS) is 11.6. The van der Waals surface area contributed by atoms with Crippen LogP contribution in [0.15, 0.2) is 6.07 Å². The molecule has 4 nitrogen and oxygen atoms in total. The smallest absolute Gasteiger partial charge is 0.226 e. The minimum atomic E-state index is 0.205. The standard InChI is InChI=1S/C12H17N3O/c1-5-7-10(6-2)14-12-13-9(3)8-11(15-12)16-4/h1,8,10H,6-7H2,2-4H3,(H,13,14,15). The zero-order valence-corrected chi connectivity index (χ0v) is 9.95. The monoisotopic (exact) mass is 219 g/mol. The fourth-order valence-electron chi connectivity index (χ4n) is 1.33. The Morgan fingerprint density at radius 3 is 2.88 bits per heavy atom. The van der Waals surface area contributed by atoms with Crippen molar-refractivity contribution in [2.45, 2.75) is 32.7 Å². The average molecular weight is 219 g/mol. The minimum Gasteiger partial charge on any atom is -0.481 e. The maximum Gasteiger partial charge on any atom is 0.226 e. The summed E-state index contributed by atoms with van der Waals surface area (Å²) in [4.78, 5) is 8.49. The van der Waals surface area contributed by atoms with Crippen molar-refractivity contribution in [1.29, 1.82) is 0 Å². The number of hydrogen-bond donors (Lipinski definition) is 1. The van der Waals surface area contributed by atoms with Crippen molar-refractivity contribution in [3.05, 3.63) is 11.8 Å². The summed E-state index contributed by atoms with van der Waals surface area (Å²) in [7, 11) is 1.59. The van der Waals surface area contributed by atoms with E-state index < -0.39 is 0 Å². The lowest BCUT2D eigenvalue weighted by molar-refractivity contribution is 0.396. The quantitative estimate of drug-likeness (QED) is 0.769. The highest BCUT2D eigenvalue weighted by atomic mass is 16.5. The van der Waals surface area contributed by atoms with Gasteiger partial charge in [0.05, 0.1) is 7.11 Å². The first-order valence-electron chi connectivity index (χ1n) is 5.29. The molecule has 1 heterocycles. The highest BCUT2D eigenvalue weighted by Gasteiger charge is 2.08. The maximum absolute atomic E-state index is 5.29. The van der Waals surface area contributed by atoms with Crippen molar-refractivity contribution < 1.29 is 4.74 Å². The van der Waals surface area contributed by atoms with E-state index in [4.69, 9.17) is 11.2 Å². The molecule has 1 unspecified atom stereocenters. The molecule has 1 aromatic heterocycles. The molecular formula is C12H17N3O. The number of aryl methyl sites for hydroxylation is 1. The fourth-order valence-corrected chi connectivity index (χ4v) is 1.33. The molecule has 0 radical (unpaired) electrons. The summed E-state index contributed by atoms with van der Waals surface area (Å²) in [6.07, 6.45) is 6.89. The first kappa shape index (κ1) is 12.3. The summed E-state index contributed by atoms with van der Waals surface area (Å²) in [5, 5.41) is 3.20. The second-order valence-corrected chi connectivity index (χ2v) is 3.53. The van der Waals surface area contributed by atoms with E-state index in [2.05, 4.69) is 28.1 Å². The zero-order chi connectivity index (χ0) is 12.0. The van der Waals surface area contributed by atoms with Crippen molar-refractivity contribution in [2.24, 2.45) is 0 Å². The van der Waals surface area contributed by atoms with E-state index in [1.165, 1.54) is 0 Å². The number of methoxy groups -OCH3 is 1. The van der Waals surface area contributed by atoms with Crippen LogP contribution in [-0.4, -0.2) is 23.1 Å². The van der Waals surface area contributed by atoms with Gasteiger partial charge in [0.25, 0.3) is 0 Å². The van der Waals surface area contributed by atoms with Gasteiger partial charge >= 0.3 is 0 Å². The molecule has 4 heteroatoms. The van der Waals surface area contributed by atoms with Crippen molar-refractivity contribution in [3.8, 4) is 18.2 Å². The van der Waals surface area contributed by atoms with Gasteiger partial charge in [-0.15, -0.1) is 12.3 Å². The zero-order valence-electron chi connectivity index (χ0n) is 9.95. The number of nitrogens with one attached hydrogen (secondary N) is 1. The highest BCUT2D eigenvalue weighted by Crippen LogP contribution is 2.13. The number of terminal acetylenes is 1. The molecule has 1 rings (SSSR count). The van der Waals surface area contributed by atoms with E-state index in [0.717, 1.165) is 12.1 Å². The molecule has 0 fully saturated rings. The van der Waals surface area contributed by atoms with Gasteiger partial charge in [-0.3, -0.25) is 0 Å². The van der Waals surface area contributed by atoms with Gasteiger partial charge in [-0.1, -0.05) is 6.92 Å². The van der Waals surface area contributed by atoms with Gasteiger partial charge in [-0.05, 0) is 13.3 Å². The lowest BCUT2D eigenvalue weighted by Gasteiger charge is -2.14. The predicted molar refractivity (Wildman–Crippen MR) is 64.5 cm³/mol. The number of hydrogen-bond acceptors (Lipinski definition) is 4. The summed E-state index contributed by atoms with van der Waals surface area (Å²) in [5.41, 5.74) is 0.866. The third-order valence-electron chi connectivity index (χ3n) is 2.23. The molecule has 1 aromatic rings. The van der Waals surface area contributed by atoms with E-state index in [-0.39, 0.29) is 6.04 Å². The fraction of sp³-hybridized carbons (Fsp3) is 0.500. The van der Waals surface area contributed by atoms with Gasteiger partial charge in [0.15, 0.2) is 0 Å². The van der Waals surface area contributed by atoms with E-state index in [1.54, 1.807) is 13.2 Å². The Bertz CT molecular complexity index is 384. The van der Waals surface area contributed by atoms with Crippen LogP contribution in [0.3, 0.4) is 0 Å². The molecule has 1 N–H and O–H groups in total. The second-order valence-electron chi connectivity index (χ2n) is 3.53. The molecule has 0 aliphatic carbocycles. The number of nitrogens with zero attached hydrogens (tertiary/aromatic N) is 2. The van der Waals surface area contributed by atoms with Crippen molar-refractivity contribution in [3.63, 3.8) is 0 Å². The molecule has 0 saturated carbocycles. The number of anilines is 1. The molecule has 1 atom stereocenters. The number of rotatable bonds is 5. The molecule has 0 aliphatic rings. The van der Waals surface area contributed by atoms with E-state index in [9.17, 15) is 0 Å². The number of ether oxygens (including phenoxy) is 1. The molecule has 0 bridgehead atoms. The van der Waals surface area contributed by atoms with E-state index in [1.807, 2.05) is 6.92 Å². The van der Waals surface area contributed by atoms with Gasteiger partial charge in [0.1, 0.15) is 0 Å². The van der Waals surface area contributed by atoms with Crippen LogP contribution in [-0.2, 0) is 0 Å². The van der Waals surface area contributed by atoms with Crippen LogP contribution in [0.2, 0.25) is 0 Å². The van der Waals surface area contributed by atoms with Gasteiger partial charge < -0.3 is 10.1 Å². The molecule has 0 spiro atoms. The SMILES string of the molecule is C#CCC(CC)Nc1nc(C)cc(OC)n1. The Balaban J connectivity index is 2.79. The van der Waals surface area contributed by atoms with Crippen LogP contribution >= 0.6 is 0 Å². The third-order valence-corrected chi connectivity index (χ3v) is 2.23. The first-order valence-corrected chi connectivity index (χ1v) is 5.29. The van der Waals surface area contributed by atoms with Crippen molar-refractivity contribution >= 4 is 5.95 Å². The van der Waals surface area contributed by atoms with Gasteiger partial charge in [0.2, 0.25) is 11.8 Å². The largest absolute Gasteiger partial charge is 0.481 e. The third kappa shape index (κ3) is 3.43. The van der Waals surface area contributed by atoms with Crippen LogP contribution in [0.5, 0.6) is 5.88 Å².